The average molecular weight is 249 g/mol. The van der Waals surface area contributed by atoms with Crippen molar-refractivity contribution in [2.45, 2.75) is 34.1 Å². The van der Waals surface area contributed by atoms with Gasteiger partial charge in [0, 0.05) is 19.6 Å². The van der Waals surface area contributed by atoms with E-state index in [0.29, 0.717) is 12.5 Å². The lowest BCUT2D eigenvalue weighted by Gasteiger charge is -2.39. The number of rotatable bonds is 2. The Morgan fingerprint density at radius 3 is 2.38 bits per heavy atom. The van der Waals surface area contributed by atoms with Crippen LogP contribution in [0.5, 0.6) is 0 Å². The molecule has 4 heteroatoms. The zero-order valence-corrected chi connectivity index (χ0v) is 11.6. The Balaban J connectivity index is 0.00000225. The predicted octanol–water partition coefficient (Wildman–Crippen LogP) is 1.90. The third kappa shape index (κ3) is 3.36. The fourth-order valence-corrected chi connectivity index (χ4v) is 1.96. The molecule has 3 nitrogen and oxygen atoms in total. The summed E-state index contributed by atoms with van der Waals surface area (Å²) in [6, 6.07) is 0. The number of nitrogens with zero attached hydrogens (tertiary/aromatic N) is 1. The summed E-state index contributed by atoms with van der Waals surface area (Å²) >= 11 is 0. The highest BCUT2D eigenvalue weighted by atomic mass is 35.5. The van der Waals surface area contributed by atoms with Gasteiger partial charge in [0.25, 0.3) is 0 Å². The van der Waals surface area contributed by atoms with Crippen molar-refractivity contribution in [1.29, 1.82) is 0 Å². The first-order valence-corrected chi connectivity index (χ1v) is 5.88. The largest absolute Gasteiger partial charge is 0.342 e. The Morgan fingerprint density at radius 1 is 1.38 bits per heavy atom. The SMILES string of the molecule is CC1CCN(C(=O)C(C)(C)CN)CC1C.Cl. The molecule has 0 aromatic heterocycles. The molecule has 0 aliphatic carbocycles. The molecule has 1 rings (SSSR count). The molecule has 0 radical (unpaired) electrons. The van der Waals surface area contributed by atoms with Gasteiger partial charge >= 0.3 is 0 Å². The summed E-state index contributed by atoms with van der Waals surface area (Å²) in [5, 5.41) is 0. The van der Waals surface area contributed by atoms with Crippen LogP contribution in [0.3, 0.4) is 0 Å². The van der Waals surface area contributed by atoms with Crippen LogP contribution in [0.2, 0.25) is 0 Å². The fraction of sp³-hybridized carbons (Fsp3) is 0.917. The van der Waals surface area contributed by atoms with Crippen molar-refractivity contribution in [2.75, 3.05) is 19.6 Å². The standard InChI is InChI=1S/C12H24N2O.ClH/c1-9-5-6-14(7-10(9)2)11(15)12(3,4)8-13;/h9-10H,5-8,13H2,1-4H3;1H. The second-order valence-electron chi connectivity index (χ2n) is 5.58. The maximum atomic E-state index is 12.1. The molecule has 0 saturated carbocycles. The second-order valence-corrected chi connectivity index (χ2v) is 5.58. The minimum absolute atomic E-state index is 0. The van der Waals surface area contributed by atoms with Gasteiger partial charge < -0.3 is 10.6 Å². The van der Waals surface area contributed by atoms with Gasteiger partial charge in [-0.3, -0.25) is 4.79 Å². The normalized spacial score (nSPS) is 26.2. The Kier molecular flexibility index (Phi) is 5.77. The minimum atomic E-state index is -0.402. The zero-order valence-electron chi connectivity index (χ0n) is 10.8. The second kappa shape index (κ2) is 5.87. The number of hydrogen-bond acceptors (Lipinski definition) is 2. The number of nitrogens with two attached hydrogens (primary N) is 1. The van der Waals surface area contributed by atoms with Gasteiger partial charge in [0.1, 0.15) is 0 Å². The molecule has 2 unspecified atom stereocenters. The van der Waals surface area contributed by atoms with Crippen LogP contribution in [0.1, 0.15) is 34.1 Å². The third-order valence-corrected chi connectivity index (χ3v) is 3.71. The highest BCUT2D eigenvalue weighted by molar-refractivity contribution is 5.85. The lowest BCUT2D eigenvalue weighted by atomic mass is 9.85. The molecule has 2 N–H and O–H groups in total. The number of likely N-dealkylation sites (tertiary alicyclic amines) is 1. The molecular formula is C12H25ClN2O. The van der Waals surface area contributed by atoms with Gasteiger partial charge in [-0.2, -0.15) is 0 Å². The van der Waals surface area contributed by atoms with Crippen molar-refractivity contribution in [3.63, 3.8) is 0 Å². The van der Waals surface area contributed by atoms with Gasteiger partial charge in [-0.25, -0.2) is 0 Å². The van der Waals surface area contributed by atoms with E-state index in [1.807, 2.05) is 18.7 Å². The van der Waals surface area contributed by atoms with Crippen LogP contribution in [0.15, 0.2) is 0 Å². The molecule has 1 fully saturated rings. The van der Waals surface area contributed by atoms with E-state index in [0.717, 1.165) is 25.4 Å². The van der Waals surface area contributed by atoms with Crippen molar-refractivity contribution in [3.8, 4) is 0 Å². The molecule has 1 amide bonds. The van der Waals surface area contributed by atoms with Crippen LogP contribution >= 0.6 is 12.4 Å². The fourth-order valence-electron chi connectivity index (χ4n) is 1.96. The van der Waals surface area contributed by atoms with E-state index in [1.54, 1.807) is 0 Å². The quantitative estimate of drug-likeness (QED) is 0.811. The summed E-state index contributed by atoms with van der Waals surface area (Å²) in [5.41, 5.74) is 5.23. The Morgan fingerprint density at radius 2 is 1.94 bits per heavy atom. The molecule has 0 spiro atoms. The van der Waals surface area contributed by atoms with E-state index in [-0.39, 0.29) is 18.3 Å². The van der Waals surface area contributed by atoms with Crippen molar-refractivity contribution >= 4 is 18.3 Å². The van der Waals surface area contributed by atoms with Crippen molar-refractivity contribution in [3.05, 3.63) is 0 Å². The predicted molar refractivity (Wildman–Crippen MR) is 69.6 cm³/mol. The molecule has 0 bridgehead atoms. The van der Waals surface area contributed by atoms with Crippen LogP contribution in [0.25, 0.3) is 0 Å². The number of carbonyl (C=O) groups is 1. The molecule has 1 aliphatic rings. The van der Waals surface area contributed by atoms with Gasteiger partial charge in [-0.15, -0.1) is 12.4 Å². The van der Waals surface area contributed by atoms with Crippen molar-refractivity contribution < 1.29 is 4.79 Å². The van der Waals surface area contributed by atoms with Crippen LogP contribution in [0, 0.1) is 17.3 Å². The van der Waals surface area contributed by atoms with E-state index < -0.39 is 5.41 Å². The molecule has 0 aromatic carbocycles. The molecule has 0 aromatic rings. The van der Waals surface area contributed by atoms with Gasteiger partial charge in [-0.1, -0.05) is 13.8 Å². The van der Waals surface area contributed by atoms with Crippen molar-refractivity contribution in [2.24, 2.45) is 23.0 Å². The average Bonchev–Trinajstić information content (AvgIpc) is 2.21. The van der Waals surface area contributed by atoms with E-state index in [1.165, 1.54) is 0 Å². The number of carbonyl (C=O) groups excluding carboxylic acids is 1. The monoisotopic (exact) mass is 248 g/mol. The summed E-state index contributed by atoms with van der Waals surface area (Å²) in [4.78, 5) is 14.1. The molecule has 1 heterocycles. The van der Waals surface area contributed by atoms with Crippen molar-refractivity contribution in [1.82, 2.24) is 4.90 Å². The summed E-state index contributed by atoms with van der Waals surface area (Å²) in [7, 11) is 0. The van der Waals surface area contributed by atoms with Crippen LogP contribution in [-0.4, -0.2) is 30.4 Å². The first kappa shape index (κ1) is 15.7. The van der Waals surface area contributed by atoms with Crippen LogP contribution in [-0.2, 0) is 4.79 Å². The van der Waals surface area contributed by atoms with Gasteiger partial charge in [-0.05, 0) is 32.1 Å². The lowest BCUT2D eigenvalue weighted by Crippen LogP contribution is -2.49. The van der Waals surface area contributed by atoms with E-state index in [2.05, 4.69) is 13.8 Å². The Bertz CT molecular complexity index is 243. The first-order valence-electron chi connectivity index (χ1n) is 5.88. The number of hydrogen-bond donors (Lipinski definition) is 1. The summed E-state index contributed by atoms with van der Waals surface area (Å²) in [5.74, 6) is 1.55. The summed E-state index contributed by atoms with van der Waals surface area (Å²) < 4.78 is 0. The minimum Gasteiger partial charge on any atom is -0.342 e. The van der Waals surface area contributed by atoms with E-state index in [9.17, 15) is 4.79 Å². The first-order chi connectivity index (χ1) is 6.88. The van der Waals surface area contributed by atoms with Crippen LogP contribution < -0.4 is 5.73 Å². The van der Waals surface area contributed by atoms with Gasteiger partial charge in [0.2, 0.25) is 5.91 Å². The number of amides is 1. The highest BCUT2D eigenvalue weighted by Gasteiger charge is 2.34. The highest BCUT2D eigenvalue weighted by Crippen LogP contribution is 2.26. The zero-order chi connectivity index (χ0) is 11.6. The van der Waals surface area contributed by atoms with E-state index in [4.69, 9.17) is 5.73 Å². The third-order valence-electron chi connectivity index (χ3n) is 3.71. The Hall–Kier alpha value is -0.280. The topological polar surface area (TPSA) is 46.3 Å². The molecule has 16 heavy (non-hydrogen) atoms. The Labute approximate surface area is 105 Å². The molecular weight excluding hydrogens is 224 g/mol. The van der Waals surface area contributed by atoms with E-state index >= 15 is 0 Å². The molecule has 1 saturated heterocycles. The lowest BCUT2D eigenvalue weighted by molar-refractivity contribution is -0.142. The summed E-state index contributed by atoms with van der Waals surface area (Å²) in [6.07, 6.45) is 1.12. The van der Waals surface area contributed by atoms with Gasteiger partial charge in [0.05, 0.1) is 5.41 Å². The molecule has 1 aliphatic heterocycles. The van der Waals surface area contributed by atoms with Crippen LogP contribution in [0.4, 0.5) is 0 Å². The molecule has 96 valence electrons. The summed E-state index contributed by atoms with van der Waals surface area (Å²) in [6.45, 7) is 10.6. The molecule has 2 atom stereocenters. The maximum absolute atomic E-state index is 12.1. The number of piperidine rings is 1. The van der Waals surface area contributed by atoms with Gasteiger partial charge in [0.15, 0.2) is 0 Å². The maximum Gasteiger partial charge on any atom is 0.229 e. The number of halogens is 1. The smallest absolute Gasteiger partial charge is 0.229 e.